The Hall–Kier alpha value is -0.930. The number of hydrogen-bond acceptors (Lipinski definition) is 3. The summed E-state index contributed by atoms with van der Waals surface area (Å²) in [4.78, 5) is 4.38. The van der Waals surface area contributed by atoms with Gasteiger partial charge in [0.25, 0.3) is 0 Å². The molecule has 0 saturated carbocycles. The van der Waals surface area contributed by atoms with Crippen LogP contribution in [0.3, 0.4) is 0 Å². The lowest BCUT2D eigenvalue weighted by atomic mass is 9.84. The van der Waals surface area contributed by atoms with Gasteiger partial charge in [0.15, 0.2) is 5.79 Å². The van der Waals surface area contributed by atoms with Crippen LogP contribution in [0.4, 0.5) is 0 Å². The van der Waals surface area contributed by atoms with Crippen LogP contribution in [0.15, 0.2) is 24.4 Å². The minimum absolute atomic E-state index is 0.0163. The number of aromatic nitrogens is 1. The number of pyridine rings is 1. The molecule has 88 valence electrons. The topological polar surface area (TPSA) is 31.4 Å². The van der Waals surface area contributed by atoms with Crippen molar-refractivity contribution >= 4 is 0 Å². The van der Waals surface area contributed by atoms with Gasteiger partial charge >= 0.3 is 0 Å². The largest absolute Gasteiger partial charge is 0.350 e. The lowest BCUT2D eigenvalue weighted by Crippen LogP contribution is -2.45. The van der Waals surface area contributed by atoms with E-state index >= 15 is 0 Å². The van der Waals surface area contributed by atoms with E-state index in [2.05, 4.69) is 18.8 Å². The molecule has 0 aliphatic carbocycles. The zero-order valence-electron chi connectivity index (χ0n) is 10.4. The van der Waals surface area contributed by atoms with Crippen LogP contribution in [0.2, 0.25) is 0 Å². The fraction of sp³-hybridized carbons (Fsp3) is 0.615. The van der Waals surface area contributed by atoms with Crippen molar-refractivity contribution in [3.8, 4) is 0 Å². The molecular weight excluding hydrogens is 202 g/mol. The van der Waals surface area contributed by atoms with Gasteiger partial charge in [-0.1, -0.05) is 19.9 Å². The summed E-state index contributed by atoms with van der Waals surface area (Å²) < 4.78 is 11.7. The highest BCUT2D eigenvalue weighted by Crippen LogP contribution is 2.43. The Morgan fingerprint density at radius 2 is 2.00 bits per heavy atom. The van der Waals surface area contributed by atoms with Gasteiger partial charge in [0.1, 0.15) is 6.10 Å². The summed E-state index contributed by atoms with van der Waals surface area (Å²) in [5.41, 5.74) is 0.924. The highest BCUT2D eigenvalue weighted by atomic mass is 16.7. The van der Waals surface area contributed by atoms with Gasteiger partial charge in [-0.15, -0.1) is 0 Å². The first-order valence-corrected chi connectivity index (χ1v) is 5.63. The molecule has 3 nitrogen and oxygen atoms in total. The summed E-state index contributed by atoms with van der Waals surface area (Å²) in [6, 6.07) is 5.92. The third-order valence-electron chi connectivity index (χ3n) is 2.86. The maximum Gasteiger partial charge on any atom is 0.163 e. The standard InChI is InChI=1S/C13H19NO2/c1-12(2)9-15-13(3,4)16-11(12)10-7-5-6-8-14-10/h5-8,11H,9H2,1-4H3. The highest BCUT2D eigenvalue weighted by molar-refractivity contribution is 5.11. The van der Waals surface area contributed by atoms with Crippen LogP contribution < -0.4 is 0 Å². The predicted octanol–water partition coefficient (Wildman–Crippen LogP) is 2.93. The molecule has 1 saturated heterocycles. The predicted molar refractivity (Wildman–Crippen MR) is 61.9 cm³/mol. The average molecular weight is 221 g/mol. The first-order valence-electron chi connectivity index (χ1n) is 5.63. The third-order valence-corrected chi connectivity index (χ3v) is 2.86. The van der Waals surface area contributed by atoms with Crippen molar-refractivity contribution in [1.29, 1.82) is 0 Å². The summed E-state index contributed by atoms with van der Waals surface area (Å²) in [6.45, 7) is 8.85. The molecule has 2 rings (SSSR count). The number of ether oxygens (including phenoxy) is 2. The molecule has 0 aromatic carbocycles. The summed E-state index contributed by atoms with van der Waals surface area (Å²) in [5, 5.41) is 0. The average Bonchev–Trinajstić information content (AvgIpc) is 2.24. The minimum Gasteiger partial charge on any atom is -0.350 e. The van der Waals surface area contributed by atoms with Crippen molar-refractivity contribution in [2.45, 2.75) is 39.6 Å². The van der Waals surface area contributed by atoms with E-state index in [9.17, 15) is 0 Å². The summed E-state index contributed by atoms with van der Waals surface area (Å²) in [6.07, 6.45) is 1.79. The molecule has 1 atom stereocenters. The fourth-order valence-corrected chi connectivity index (χ4v) is 1.90. The Morgan fingerprint density at radius 3 is 2.62 bits per heavy atom. The van der Waals surface area contributed by atoms with E-state index in [0.717, 1.165) is 5.69 Å². The molecule has 1 unspecified atom stereocenters. The van der Waals surface area contributed by atoms with Gasteiger partial charge in [-0.2, -0.15) is 0 Å². The van der Waals surface area contributed by atoms with E-state index in [0.29, 0.717) is 6.61 Å². The van der Waals surface area contributed by atoms with E-state index in [1.807, 2.05) is 32.0 Å². The molecule has 16 heavy (non-hydrogen) atoms. The Morgan fingerprint density at radius 1 is 1.25 bits per heavy atom. The summed E-state index contributed by atoms with van der Waals surface area (Å²) in [5.74, 6) is -0.530. The number of rotatable bonds is 1. The molecule has 0 spiro atoms. The molecule has 0 N–H and O–H groups in total. The second kappa shape index (κ2) is 3.82. The molecule has 1 aliphatic heterocycles. The fourth-order valence-electron chi connectivity index (χ4n) is 1.90. The van der Waals surface area contributed by atoms with Crippen LogP contribution in [0, 0.1) is 5.41 Å². The van der Waals surface area contributed by atoms with Crippen molar-refractivity contribution in [3.63, 3.8) is 0 Å². The first kappa shape index (κ1) is 11.6. The highest BCUT2D eigenvalue weighted by Gasteiger charge is 2.43. The van der Waals surface area contributed by atoms with E-state index in [1.54, 1.807) is 6.20 Å². The number of nitrogens with zero attached hydrogens (tertiary/aromatic N) is 1. The monoisotopic (exact) mass is 221 g/mol. The van der Waals surface area contributed by atoms with Crippen molar-refractivity contribution < 1.29 is 9.47 Å². The van der Waals surface area contributed by atoms with Gasteiger partial charge in [-0.05, 0) is 26.0 Å². The van der Waals surface area contributed by atoms with Gasteiger partial charge in [0, 0.05) is 11.6 Å². The maximum absolute atomic E-state index is 5.99. The zero-order chi connectivity index (χ0) is 11.8. The first-order chi connectivity index (χ1) is 7.41. The van der Waals surface area contributed by atoms with E-state index < -0.39 is 5.79 Å². The van der Waals surface area contributed by atoms with E-state index in [1.165, 1.54) is 0 Å². The Labute approximate surface area is 96.8 Å². The molecule has 1 aromatic heterocycles. The lowest BCUT2D eigenvalue weighted by Gasteiger charge is -2.45. The zero-order valence-corrected chi connectivity index (χ0v) is 10.4. The van der Waals surface area contributed by atoms with Crippen LogP contribution in [-0.2, 0) is 9.47 Å². The van der Waals surface area contributed by atoms with Crippen LogP contribution >= 0.6 is 0 Å². The molecule has 0 bridgehead atoms. The van der Waals surface area contributed by atoms with Gasteiger partial charge in [-0.25, -0.2) is 0 Å². The maximum atomic E-state index is 5.99. The van der Waals surface area contributed by atoms with Crippen LogP contribution in [0.5, 0.6) is 0 Å². The van der Waals surface area contributed by atoms with E-state index in [-0.39, 0.29) is 11.5 Å². The quantitative estimate of drug-likeness (QED) is 0.730. The van der Waals surface area contributed by atoms with Crippen LogP contribution in [0.25, 0.3) is 0 Å². The Kier molecular flexibility index (Phi) is 2.76. The normalized spacial score (nSPS) is 27.6. The second-order valence-corrected chi connectivity index (χ2v) is 5.43. The summed E-state index contributed by atoms with van der Waals surface area (Å²) in [7, 11) is 0. The molecule has 3 heteroatoms. The Bertz CT molecular complexity index is 359. The van der Waals surface area contributed by atoms with E-state index in [4.69, 9.17) is 9.47 Å². The molecule has 1 fully saturated rings. The molecule has 0 radical (unpaired) electrons. The smallest absolute Gasteiger partial charge is 0.163 e. The van der Waals surface area contributed by atoms with Gasteiger partial charge in [0.2, 0.25) is 0 Å². The van der Waals surface area contributed by atoms with Crippen molar-refractivity contribution in [2.75, 3.05) is 6.61 Å². The summed E-state index contributed by atoms with van der Waals surface area (Å²) >= 11 is 0. The van der Waals surface area contributed by atoms with Crippen molar-refractivity contribution in [2.24, 2.45) is 5.41 Å². The SMILES string of the molecule is CC1(C)OCC(C)(C)C(c2ccccn2)O1. The van der Waals surface area contributed by atoms with Crippen molar-refractivity contribution in [3.05, 3.63) is 30.1 Å². The lowest BCUT2D eigenvalue weighted by molar-refractivity contribution is -0.316. The molecule has 1 aromatic rings. The van der Waals surface area contributed by atoms with Crippen LogP contribution in [-0.4, -0.2) is 17.4 Å². The molecular formula is C13H19NO2. The molecule has 2 heterocycles. The van der Waals surface area contributed by atoms with Gasteiger partial charge < -0.3 is 9.47 Å². The van der Waals surface area contributed by atoms with Crippen LogP contribution in [0.1, 0.15) is 39.5 Å². The Balaban J connectivity index is 2.30. The van der Waals surface area contributed by atoms with Crippen molar-refractivity contribution in [1.82, 2.24) is 4.98 Å². The minimum atomic E-state index is -0.530. The molecule has 0 amide bonds. The molecule has 1 aliphatic rings. The third kappa shape index (κ3) is 2.25. The number of hydrogen-bond donors (Lipinski definition) is 0. The second-order valence-electron chi connectivity index (χ2n) is 5.43. The van der Waals surface area contributed by atoms with Gasteiger partial charge in [-0.3, -0.25) is 4.98 Å². The van der Waals surface area contributed by atoms with Gasteiger partial charge in [0.05, 0.1) is 12.3 Å².